The highest BCUT2D eigenvalue weighted by Crippen LogP contribution is 2.60. The number of anilines is 3. The molecule has 3 aromatic heterocycles. The third kappa shape index (κ3) is 6.46. The Morgan fingerprint density at radius 3 is 1.53 bits per heavy atom. The summed E-state index contributed by atoms with van der Waals surface area (Å²) in [6.07, 6.45) is 0. The molecule has 0 saturated heterocycles. The van der Waals surface area contributed by atoms with Crippen molar-refractivity contribution in [2.45, 2.75) is 5.41 Å². The van der Waals surface area contributed by atoms with Gasteiger partial charge in [0.15, 0.2) is 0 Å². The first-order chi connectivity index (χ1) is 38.2. The van der Waals surface area contributed by atoms with Crippen molar-refractivity contribution in [2.75, 3.05) is 4.90 Å². The summed E-state index contributed by atoms with van der Waals surface area (Å²) in [5.74, 6) is 0. The van der Waals surface area contributed by atoms with E-state index in [1.165, 1.54) is 38.9 Å². The summed E-state index contributed by atoms with van der Waals surface area (Å²) in [7, 11) is 0. The SMILES string of the molecule is c1ccc(-c2ccc(N(c3ccc(-c4cccc5c4oc4ccccc45)cc3)c3ccc4c(c3)oc3c(-c5cccc6c5-c5ccccc5C6(c5ccccc5)c5ccccc5)c5c(cc34)oc3ccccc35)cc2)cc1. The third-order valence-corrected chi connectivity index (χ3v) is 16.2. The highest BCUT2D eigenvalue weighted by molar-refractivity contribution is 6.25. The average Bonchev–Trinajstić information content (AvgIpc) is 4.39. The van der Waals surface area contributed by atoms with Gasteiger partial charge in [0, 0.05) is 66.6 Å². The second kappa shape index (κ2) is 16.9. The van der Waals surface area contributed by atoms with E-state index in [-0.39, 0.29) is 0 Å². The van der Waals surface area contributed by atoms with Crippen LogP contribution in [0.3, 0.4) is 0 Å². The number of rotatable bonds is 8. The van der Waals surface area contributed by atoms with E-state index in [1.54, 1.807) is 0 Å². The monoisotopic (exact) mass is 983 g/mol. The Morgan fingerprint density at radius 1 is 0.273 bits per heavy atom. The lowest BCUT2D eigenvalue weighted by molar-refractivity contribution is 0.664. The maximum absolute atomic E-state index is 7.44. The predicted octanol–water partition coefficient (Wildman–Crippen LogP) is 20.2. The van der Waals surface area contributed by atoms with Crippen molar-refractivity contribution < 1.29 is 13.3 Å². The quantitative estimate of drug-likeness (QED) is 0.152. The van der Waals surface area contributed by atoms with E-state index in [0.29, 0.717) is 0 Å². The molecule has 4 nitrogen and oxygen atoms in total. The van der Waals surface area contributed by atoms with Crippen LogP contribution >= 0.6 is 0 Å². The molecule has 3 heterocycles. The zero-order chi connectivity index (χ0) is 50.6. The number of para-hydroxylation sites is 3. The largest absolute Gasteiger partial charge is 0.456 e. The van der Waals surface area contributed by atoms with Crippen LogP contribution < -0.4 is 4.90 Å². The Morgan fingerprint density at radius 2 is 0.792 bits per heavy atom. The van der Waals surface area contributed by atoms with Crippen LogP contribution in [-0.4, -0.2) is 0 Å². The molecule has 1 aliphatic rings. The number of fused-ring (bicyclic) bond motifs is 12. The minimum absolute atomic E-state index is 0.569. The molecule has 0 N–H and O–H groups in total. The minimum atomic E-state index is -0.569. The van der Waals surface area contributed by atoms with Crippen LogP contribution in [0.25, 0.3) is 110 Å². The van der Waals surface area contributed by atoms with E-state index in [1.807, 2.05) is 18.2 Å². The van der Waals surface area contributed by atoms with Gasteiger partial charge >= 0.3 is 0 Å². The molecule has 0 spiro atoms. The first kappa shape index (κ1) is 43.3. The fraction of sp³-hybridized carbons (Fsp3) is 0.0137. The average molecular weight is 984 g/mol. The molecule has 0 aliphatic heterocycles. The molecule has 0 atom stereocenters. The molecule has 15 aromatic rings. The van der Waals surface area contributed by atoms with Crippen LogP contribution in [-0.2, 0) is 5.41 Å². The first-order valence-electron chi connectivity index (χ1n) is 26.3. The van der Waals surface area contributed by atoms with E-state index in [0.717, 1.165) is 111 Å². The number of hydrogen-bond acceptors (Lipinski definition) is 4. The summed E-state index contributed by atoms with van der Waals surface area (Å²) < 4.78 is 20.8. The molecule has 77 heavy (non-hydrogen) atoms. The normalized spacial score (nSPS) is 12.8. The van der Waals surface area contributed by atoms with Gasteiger partial charge in [0.05, 0.1) is 5.41 Å². The lowest BCUT2D eigenvalue weighted by atomic mass is 9.67. The van der Waals surface area contributed by atoms with Crippen LogP contribution in [0, 0.1) is 0 Å². The highest BCUT2D eigenvalue weighted by Gasteiger charge is 2.47. The minimum Gasteiger partial charge on any atom is -0.456 e. The molecule has 12 aromatic carbocycles. The molecule has 360 valence electrons. The maximum Gasteiger partial charge on any atom is 0.144 e. The van der Waals surface area contributed by atoms with Crippen LogP contribution in [0.15, 0.2) is 286 Å². The number of hydrogen-bond donors (Lipinski definition) is 0. The molecular formula is C73H45NO3. The van der Waals surface area contributed by atoms with Crippen LogP contribution in [0.4, 0.5) is 17.1 Å². The molecule has 16 rings (SSSR count). The smallest absolute Gasteiger partial charge is 0.144 e. The molecule has 0 bridgehead atoms. The lowest BCUT2D eigenvalue weighted by Gasteiger charge is -2.34. The Bertz CT molecular complexity index is 4740. The Labute approximate surface area is 443 Å². The van der Waals surface area contributed by atoms with Crippen molar-refractivity contribution in [3.05, 3.63) is 295 Å². The summed E-state index contributed by atoms with van der Waals surface area (Å²) in [4.78, 5) is 2.32. The van der Waals surface area contributed by atoms with Crippen LogP contribution in [0.5, 0.6) is 0 Å². The van der Waals surface area contributed by atoms with E-state index < -0.39 is 5.41 Å². The van der Waals surface area contributed by atoms with Gasteiger partial charge in [0.1, 0.15) is 33.5 Å². The van der Waals surface area contributed by atoms with Gasteiger partial charge in [-0.1, -0.05) is 212 Å². The van der Waals surface area contributed by atoms with Crippen molar-refractivity contribution in [1.29, 1.82) is 0 Å². The van der Waals surface area contributed by atoms with Gasteiger partial charge in [-0.3, -0.25) is 0 Å². The van der Waals surface area contributed by atoms with Crippen molar-refractivity contribution in [3.63, 3.8) is 0 Å². The Kier molecular flexibility index (Phi) is 9.52. The zero-order valence-corrected chi connectivity index (χ0v) is 41.7. The van der Waals surface area contributed by atoms with E-state index in [4.69, 9.17) is 13.3 Å². The van der Waals surface area contributed by atoms with Gasteiger partial charge in [0.25, 0.3) is 0 Å². The van der Waals surface area contributed by atoms with Crippen molar-refractivity contribution in [3.8, 4) is 44.5 Å². The van der Waals surface area contributed by atoms with Crippen LogP contribution in [0.2, 0.25) is 0 Å². The second-order valence-electron chi connectivity index (χ2n) is 20.2. The Hall–Kier alpha value is -10.2. The lowest BCUT2D eigenvalue weighted by Crippen LogP contribution is -2.28. The summed E-state index contributed by atoms with van der Waals surface area (Å²) >= 11 is 0. The van der Waals surface area contributed by atoms with Crippen molar-refractivity contribution in [1.82, 2.24) is 0 Å². The number of nitrogens with zero attached hydrogens (tertiary/aromatic N) is 1. The predicted molar refractivity (Wildman–Crippen MR) is 317 cm³/mol. The first-order valence-corrected chi connectivity index (χ1v) is 26.3. The molecule has 0 fully saturated rings. The molecular weight excluding hydrogens is 939 g/mol. The van der Waals surface area contributed by atoms with Gasteiger partial charge in [-0.25, -0.2) is 0 Å². The summed E-state index contributed by atoms with van der Waals surface area (Å²) in [5.41, 5.74) is 21.4. The number of benzene rings is 12. The van der Waals surface area contributed by atoms with Gasteiger partial charge in [0.2, 0.25) is 0 Å². The molecule has 1 aliphatic carbocycles. The second-order valence-corrected chi connectivity index (χ2v) is 20.2. The van der Waals surface area contributed by atoms with Gasteiger partial charge < -0.3 is 18.2 Å². The highest BCUT2D eigenvalue weighted by atomic mass is 16.3. The summed E-state index contributed by atoms with van der Waals surface area (Å²) in [6, 6.07) is 97.9. The van der Waals surface area contributed by atoms with Gasteiger partial charge in [-0.15, -0.1) is 0 Å². The maximum atomic E-state index is 7.44. The molecule has 4 heteroatoms. The van der Waals surface area contributed by atoms with E-state index in [9.17, 15) is 0 Å². The van der Waals surface area contributed by atoms with Crippen LogP contribution in [0.1, 0.15) is 22.3 Å². The van der Waals surface area contributed by atoms with Crippen molar-refractivity contribution >= 4 is 82.9 Å². The number of furan rings is 3. The standard InChI is InChI=1S/C73H45NO3/c1-4-18-46(19-5-1)47-34-38-51(39-35-47)74(52-40-36-48(37-41-52)54-27-16-28-57-55-24-11-14-32-64(55)76-71(54)57)53-42-43-56-61-45-67-69(59-26-12-15-33-65(59)75-67)70(72(61)77-66(56)44-53)60-29-17-31-63-68(60)58-25-10-13-30-62(58)73(63,49-20-6-2-7-21-49)50-22-8-3-9-23-50/h1-45H. The fourth-order valence-corrected chi connectivity index (χ4v) is 12.8. The van der Waals surface area contributed by atoms with Crippen molar-refractivity contribution in [2.24, 2.45) is 0 Å². The topological polar surface area (TPSA) is 42.7 Å². The van der Waals surface area contributed by atoms with Gasteiger partial charge in [-0.2, -0.15) is 0 Å². The summed E-state index contributed by atoms with van der Waals surface area (Å²) in [5, 5.41) is 6.32. The molecule has 0 radical (unpaired) electrons. The molecule has 0 unspecified atom stereocenters. The third-order valence-electron chi connectivity index (χ3n) is 16.2. The van der Waals surface area contributed by atoms with Gasteiger partial charge in [-0.05, 0) is 110 Å². The van der Waals surface area contributed by atoms with E-state index in [2.05, 4.69) is 260 Å². The summed E-state index contributed by atoms with van der Waals surface area (Å²) in [6.45, 7) is 0. The fourth-order valence-electron chi connectivity index (χ4n) is 12.8. The Balaban J connectivity index is 0.909. The molecule has 0 amide bonds. The van der Waals surface area contributed by atoms with E-state index >= 15 is 0 Å². The zero-order valence-electron chi connectivity index (χ0n) is 41.7. The molecule has 0 saturated carbocycles.